The molecule has 3 heteroatoms. The fourth-order valence-electron chi connectivity index (χ4n) is 2.24. The van der Waals surface area contributed by atoms with Crippen LogP contribution in [-0.2, 0) is 6.42 Å². The molecule has 0 aromatic heterocycles. The van der Waals surface area contributed by atoms with Gasteiger partial charge in [0.2, 0.25) is 0 Å². The van der Waals surface area contributed by atoms with Crippen molar-refractivity contribution in [3.05, 3.63) is 34.1 Å². The Hall–Kier alpha value is -0.410. The van der Waals surface area contributed by atoms with Gasteiger partial charge in [-0.2, -0.15) is 0 Å². The molecule has 1 nitrogen and oxygen atoms in total. The van der Waals surface area contributed by atoms with Gasteiger partial charge in [-0.25, -0.2) is 4.39 Å². The van der Waals surface area contributed by atoms with Crippen molar-refractivity contribution in [2.45, 2.75) is 41.0 Å². The minimum Gasteiger partial charge on any atom is -0.316 e. The Labute approximate surface area is 131 Å². The van der Waals surface area contributed by atoms with Gasteiger partial charge in [-0.3, -0.25) is 0 Å². The van der Waals surface area contributed by atoms with Gasteiger partial charge in [0.1, 0.15) is 5.82 Å². The van der Waals surface area contributed by atoms with Crippen molar-refractivity contribution in [2.24, 2.45) is 17.3 Å². The van der Waals surface area contributed by atoms with Crippen LogP contribution in [0.15, 0.2) is 22.7 Å². The van der Waals surface area contributed by atoms with Crippen LogP contribution < -0.4 is 5.32 Å². The molecule has 0 aliphatic heterocycles. The topological polar surface area (TPSA) is 12.0 Å². The molecule has 114 valence electrons. The molecule has 0 fully saturated rings. The monoisotopic (exact) mass is 343 g/mol. The van der Waals surface area contributed by atoms with Gasteiger partial charge in [-0.15, -0.1) is 0 Å². The zero-order chi connectivity index (χ0) is 15.3. The van der Waals surface area contributed by atoms with Gasteiger partial charge >= 0.3 is 0 Å². The standard InChI is InChI=1S/C17H27BrFN/c1-12(2)10-20-11-14(17(3,4)5)6-13-7-15(18)9-16(19)8-13/h7-9,12,14,20H,6,10-11H2,1-5H3. The average Bonchev–Trinajstić information content (AvgIpc) is 2.24. The van der Waals surface area contributed by atoms with E-state index in [2.05, 4.69) is 55.9 Å². The second kappa shape index (κ2) is 7.56. The van der Waals surface area contributed by atoms with Gasteiger partial charge in [0.25, 0.3) is 0 Å². The maximum atomic E-state index is 13.5. The van der Waals surface area contributed by atoms with Crippen molar-refractivity contribution in [3.8, 4) is 0 Å². The van der Waals surface area contributed by atoms with Crippen LogP contribution >= 0.6 is 15.9 Å². The van der Waals surface area contributed by atoms with E-state index in [1.807, 2.05) is 6.07 Å². The molecule has 1 rings (SSSR count). The Morgan fingerprint density at radius 2 is 1.80 bits per heavy atom. The summed E-state index contributed by atoms with van der Waals surface area (Å²) in [6.45, 7) is 13.2. The van der Waals surface area contributed by atoms with Gasteiger partial charge in [0.15, 0.2) is 0 Å². The quantitative estimate of drug-likeness (QED) is 0.762. The zero-order valence-electron chi connectivity index (χ0n) is 13.3. The molecule has 0 radical (unpaired) electrons. The summed E-state index contributed by atoms with van der Waals surface area (Å²) in [6, 6.07) is 5.17. The summed E-state index contributed by atoms with van der Waals surface area (Å²) in [5.41, 5.74) is 1.26. The van der Waals surface area contributed by atoms with Crippen LogP contribution in [0.25, 0.3) is 0 Å². The predicted octanol–water partition coefficient (Wildman–Crippen LogP) is 5.04. The smallest absolute Gasteiger partial charge is 0.124 e. The molecular formula is C17H27BrFN. The molecule has 0 aliphatic rings. The lowest BCUT2D eigenvalue weighted by Crippen LogP contribution is -2.35. The number of rotatable bonds is 6. The highest BCUT2D eigenvalue weighted by Crippen LogP contribution is 2.29. The third kappa shape index (κ3) is 6.36. The van der Waals surface area contributed by atoms with E-state index in [0.717, 1.165) is 29.5 Å². The maximum absolute atomic E-state index is 13.5. The SMILES string of the molecule is CC(C)CNCC(Cc1cc(F)cc(Br)c1)C(C)(C)C. The summed E-state index contributed by atoms with van der Waals surface area (Å²) in [4.78, 5) is 0. The molecule has 1 atom stereocenters. The van der Waals surface area contributed by atoms with Crippen LogP contribution in [0.1, 0.15) is 40.2 Å². The third-order valence-electron chi connectivity index (χ3n) is 3.57. The van der Waals surface area contributed by atoms with Crippen molar-refractivity contribution in [1.82, 2.24) is 5.32 Å². The molecular weight excluding hydrogens is 317 g/mol. The summed E-state index contributed by atoms with van der Waals surface area (Å²) < 4.78 is 14.3. The molecule has 1 aromatic rings. The first kappa shape index (κ1) is 17.6. The van der Waals surface area contributed by atoms with Crippen LogP contribution in [0.2, 0.25) is 0 Å². The molecule has 0 amide bonds. The Morgan fingerprint density at radius 3 is 2.30 bits per heavy atom. The van der Waals surface area contributed by atoms with E-state index in [9.17, 15) is 4.39 Å². The Morgan fingerprint density at radius 1 is 1.15 bits per heavy atom. The third-order valence-corrected chi connectivity index (χ3v) is 4.03. The van der Waals surface area contributed by atoms with Crippen LogP contribution in [0.3, 0.4) is 0 Å². The molecule has 0 bridgehead atoms. The summed E-state index contributed by atoms with van der Waals surface area (Å²) in [5, 5.41) is 3.54. The van der Waals surface area contributed by atoms with E-state index in [4.69, 9.17) is 0 Å². The van der Waals surface area contributed by atoms with Crippen molar-refractivity contribution in [3.63, 3.8) is 0 Å². The normalized spacial score (nSPS) is 13.8. The number of benzene rings is 1. The predicted molar refractivity (Wildman–Crippen MR) is 88.5 cm³/mol. The van der Waals surface area contributed by atoms with Crippen molar-refractivity contribution >= 4 is 15.9 Å². The molecule has 20 heavy (non-hydrogen) atoms. The van der Waals surface area contributed by atoms with Crippen LogP contribution in [0.4, 0.5) is 4.39 Å². The van der Waals surface area contributed by atoms with Crippen LogP contribution in [-0.4, -0.2) is 13.1 Å². The fraction of sp³-hybridized carbons (Fsp3) is 0.647. The first-order chi connectivity index (χ1) is 9.18. The fourth-order valence-corrected chi connectivity index (χ4v) is 2.76. The van der Waals surface area contributed by atoms with E-state index in [0.29, 0.717) is 11.8 Å². The van der Waals surface area contributed by atoms with E-state index >= 15 is 0 Å². The number of halogens is 2. The zero-order valence-corrected chi connectivity index (χ0v) is 14.8. The average molecular weight is 344 g/mol. The van der Waals surface area contributed by atoms with Gasteiger partial charge in [0.05, 0.1) is 0 Å². The van der Waals surface area contributed by atoms with Gasteiger partial charge in [0, 0.05) is 4.47 Å². The molecule has 1 aromatic carbocycles. The van der Waals surface area contributed by atoms with E-state index < -0.39 is 0 Å². The summed E-state index contributed by atoms with van der Waals surface area (Å²) in [6.07, 6.45) is 0.894. The maximum Gasteiger partial charge on any atom is 0.124 e. The Bertz CT molecular complexity index is 403. The highest BCUT2D eigenvalue weighted by Gasteiger charge is 2.24. The second-order valence-corrected chi connectivity index (χ2v) is 8.01. The van der Waals surface area contributed by atoms with Crippen LogP contribution in [0, 0.1) is 23.1 Å². The first-order valence-corrected chi connectivity index (χ1v) is 8.13. The van der Waals surface area contributed by atoms with Crippen LogP contribution in [0.5, 0.6) is 0 Å². The number of hydrogen-bond acceptors (Lipinski definition) is 1. The lowest BCUT2D eigenvalue weighted by atomic mass is 9.77. The summed E-state index contributed by atoms with van der Waals surface area (Å²) in [5.74, 6) is 0.964. The largest absolute Gasteiger partial charge is 0.316 e. The van der Waals surface area contributed by atoms with Gasteiger partial charge < -0.3 is 5.32 Å². The van der Waals surface area contributed by atoms with E-state index in [1.54, 1.807) is 6.07 Å². The second-order valence-electron chi connectivity index (χ2n) is 7.10. The number of hydrogen-bond donors (Lipinski definition) is 1. The lowest BCUT2D eigenvalue weighted by molar-refractivity contribution is 0.228. The Balaban J connectivity index is 2.74. The molecule has 0 aliphatic carbocycles. The molecule has 0 saturated heterocycles. The molecule has 0 spiro atoms. The number of nitrogens with one attached hydrogen (secondary N) is 1. The minimum atomic E-state index is -0.169. The Kier molecular flexibility index (Phi) is 6.67. The molecule has 1 unspecified atom stereocenters. The lowest BCUT2D eigenvalue weighted by Gasteiger charge is -2.31. The molecule has 0 saturated carbocycles. The minimum absolute atomic E-state index is 0.169. The van der Waals surface area contributed by atoms with Gasteiger partial charge in [-0.05, 0) is 60.5 Å². The first-order valence-electron chi connectivity index (χ1n) is 7.34. The van der Waals surface area contributed by atoms with E-state index in [1.165, 1.54) is 6.07 Å². The molecule has 0 heterocycles. The van der Waals surface area contributed by atoms with Crippen molar-refractivity contribution in [2.75, 3.05) is 13.1 Å². The van der Waals surface area contributed by atoms with E-state index in [-0.39, 0.29) is 11.2 Å². The van der Waals surface area contributed by atoms with Crippen molar-refractivity contribution in [1.29, 1.82) is 0 Å². The van der Waals surface area contributed by atoms with Crippen molar-refractivity contribution < 1.29 is 4.39 Å². The summed E-state index contributed by atoms with van der Waals surface area (Å²) in [7, 11) is 0. The molecule has 1 N–H and O–H groups in total. The summed E-state index contributed by atoms with van der Waals surface area (Å²) >= 11 is 3.37. The highest BCUT2D eigenvalue weighted by atomic mass is 79.9. The highest BCUT2D eigenvalue weighted by molar-refractivity contribution is 9.10. The van der Waals surface area contributed by atoms with Gasteiger partial charge in [-0.1, -0.05) is 50.5 Å².